The molecule has 0 spiro atoms. The Morgan fingerprint density at radius 2 is 2.23 bits per heavy atom. The summed E-state index contributed by atoms with van der Waals surface area (Å²) in [5.74, 6) is -0.618. The lowest BCUT2D eigenvalue weighted by Gasteiger charge is -2.35. The second kappa shape index (κ2) is 11.3. The topological polar surface area (TPSA) is 88.8 Å². The van der Waals surface area contributed by atoms with E-state index in [0.717, 1.165) is 18.7 Å². The molecule has 1 saturated heterocycles. The van der Waals surface area contributed by atoms with Crippen LogP contribution in [-0.4, -0.2) is 58.3 Å². The van der Waals surface area contributed by atoms with E-state index in [1.54, 1.807) is 21.8 Å². The molecule has 1 aliphatic rings. The molecular formula is C20H22Cl2N4O3S2. The van der Waals surface area contributed by atoms with Crippen LogP contribution in [-0.2, 0) is 20.9 Å². The first kappa shape index (κ1) is 24.0. The van der Waals surface area contributed by atoms with E-state index < -0.39 is 5.91 Å². The van der Waals surface area contributed by atoms with E-state index in [9.17, 15) is 9.59 Å². The predicted molar refractivity (Wildman–Crippen MR) is 125 cm³/mol. The highest BCUT2D eigenvalue weighted by molar-refractivity contribution is 7.99. The van der Waals surface area contributed by atoms with Crippen LogP contribution in [0.1, 0.15) is 18.2 Å². The number of aromatic nitrogens is 1. The first-order valence-corrected chi connectivity index (χ1v) is 11.9. The minimum absolute atomic E-state index is 0.0837. The van der Waals surface area contributed by atoms with E-state index in [1.807, 2.05) is 12.1 Å². The molecule has 0 saturated carbocycles. The van der Waals surface area contributed by atoms with Gasteiger partial charge in [0.2, 0.25) is 11.8 Å². The van der Waals surface area contributed by atoms with Gasteiger partial charge in [0.25, 0.3) is 0 Å². The van der Waals surface area contributed by atoms with Gasteiger partial charge in [-0.1, -0.05) is 29.3 Å². The summed E-state index contributed by atoms with van der Waals surface area (Å²) in [5.41, 5.74) is 6.80. The van der Waals surface area contributed by atoms with Crippen molar-refractivity contribution in [3.8, 4) is 0 Å². The minimum atomic E-state index is -0.535. The molecule has 1 aromatic heterocycles. The lowest BCUT2D eigenvalue weighted by molar-refractivity contribution is -0.126. The van der Waals surface area contributed by atoms with E-state index in [4.69, 9.17) is 33.7 Å². The first-order chi connectivity index (χ1) is 14.8. The SMILES string of the molecule is CC(=O)N(C[C@@H]1CN(Cc2ccc(Cl)c(Cl)c2)CCO1)Sc1nc(/C=C/C(N)=O)cs1. The van der Waals surface area contributed by atoms with Gasteiger partial charge in [-0.05, 0) is 23.8 Å². The van der Waals surface area contributed by atoms with Crippen LogP contribution in [0.4, 0.5) is 0 Å². The maximum atomic E-state index is 12.2. The number of halogens is 2. The summed E-state index contributed by atoms with van der Waals surface area (Å²) < 4.78 is 8.25. The number of benzene rings is 1. The van der Waals surface area contributed by atoms with Crippen molar-refractivity contribution in [3.05, 3.63) is 51.0 Å². The van der Waals surface area contributed by atoms with Gasteiger partial charge < -0.3 is 10.5 Å². The molecule has 1 aliphatic heterocycles. The number of ether oxygens (including phenoxy) is 1. The molecule has 7 nitrogen and oxygen atoms in total. The average Bonchev–Trinajstić information content (AvgIpc) is 3.16. The number of hydrogen-bond donors (Lipinski definition) is 1. The molecule has 0 aliphatic carbocycles. The van der Waals surface area contributed by atoms with Gasteiger partial charge in [-0.2, -0.15) is 0 Å². The predicted octanol–water partition coefficient (Wildman–Crippen LogP) is 3.71. The van der Waals surface area contributed by atoms with Gasteiger partial charge in [0.15, 0.2) is 4.34 Å². The maximum absolute atomic E-state index is 12.2. The molecule has 2 amide bonds. The number of morpholine rings is 1. The van der Waals surface area contributed by atoms with Crippen LogP contribution in [0.5, 0.6) is 0 Å². The number of hydrogen-bond acceptors (Lipinski definition) is 7. The largest absolute Gasteiger partial charge is 0.374 e. The lowest BCUT2D eigenvalue weighted by atomic mass is 10.2. The van der Waals surface area contributed by atoms with Crippen LogP contribution in [0.25, 0.3) is 6.08 Å². The Morgan fingerprint density at radius 3 is 2.94 bits per heavy atom. The highest BCUT2D eigenvalue weighted by Crippen LogP contribution is 2.28. The number of amides is 2. The number of nitrogens with zero attached hydrogens (tertiary/aromatic N) is 3. The molecule has 2 N–H and O–H groups in total. The standard InChI is InChI=1S/C20H22Cl2N4O3S2/c1-13(27)26(31-20-24-15(12-30-20)3-5-19(23)28)11-16-10-25(6-7-29-16)9-14-2-4-17(21)18(22)8-14/h2-5,8,12,16H,6-7,9-11H2,1H3,(H2,23,28)/b5-3+/t16-/m0/s1. The zero-order valence-corrected chi connectivity index (χ0v) is 19.9. The van der Waals surface area contributed by atoms with Crippen molar-refractivity contribution in [2.45, 2.75) is 23.9 Å². The summed E-state index contributed by atoms with van der Waals surface area (Å²) in [6.07, 6.45) is 2.68. The zero-order valence-electron chi connectivity index (χ0n) is 16.8. The van der Waals surface area contributed by atoms with Crippen LogP contribution in [0.3, 0.4) is 0 Å². The zero-order chi connectivity index (χ0) is 22.4. The van der Waals surface area contributed by atoms with Crippen molar-refractivity contribution >= 4 is 64.4 Å². The van der Waals surface area contributed by atoms with Crippen LogP contribution in [0, 0.1) is 0 Å². The molecular weight excluding hydrogens is 479 g/mol. The van der Waals surface area contributed by atoms with Crippen molar-refractivity contribution in [1.82, 2.24) is 14.2 Å². The summed E-state index contributed by atoms with van der Waals surface area (Å²) >= 11 is 14.8. The highest BCUT2D eigenvalue weighted by Gasteiger charge is 2.25. The maximum Gasteiger partial charge on any atom is 0.241 e. The molecule has 1 atom stereocenters. The van der Waals surface area contributed by atoms with E-state index in [-0.39, 0.29) is 12.0 Å². The smallest absolute Gasteiger partial charge is 0.241 e. The average molecular weight is 501 g/mol. The van der Waals surface area contributed by atoms with E-state index in [1.165, 1.54) is 36.3 Å². The van der Waals surface area contributed by atoms with Crippen LogP contribution in [0.15, 0.2) is 34.0 Å². The first-order valence-electron chi connectivity index (χ1n) is 9.47. The van der Waals surface area contributed by atoms with E-state index in [2.05, 4.69) is 9.88 Å². The molecule has 2 heterocycles. The highest BCUT2D eigenvalue weighted by atomic mass is 35.5. The van der Waals surface area contributed by atoms with Crippen molar-refractivity contribution in [1.29, 1.82) is 0 Å². The summed E-state index contributed by atoms with van der Waals surface area (Å²) in [4.78, 5) is 29.7. The Labute approximate surface area is 199 Å². The second-order valence-electron chi connectivity index (χ2n) is 6.92. The number of carbonyl (C=O) groups is 2. The molecule has 3 rings (SSSR count). The fourth-order valence-corrected chi connectivity index (χ4v) is 5.12. The van der Waals surface area contributed by atoms with Crippen molar-refractivity contribution < 1.29 is 14.3 Å². The van der Waals surface area contributed by atoms with Crippen molar-refractivity contribution in [3.63, 3.8) is 0 Å². The Hall–Kier alpha value is -1.62. The van der Waals surface area contributed by atoms with Gasteiger partial charge in [0.05, 0.1) is 35.0 Å². The Morgan fingerprint density at radius 1 is 1.42 bits per heavy atom. The molecule has 1 aromatic carbocycles. The van der Waals surface area contributed by atoms with Crippen LogP contribution < -0.4 is 5.73 Å². The molecule has 0 radical (unpaired) electrons. The van der Waals surface area contributed by atoms with Crippen LogP contribution >= 0.6 is 46.5 Å². The Bertz CT molecular complexity index is 970. The number of carbonyl (C=O) groups excluding carboxylic acids is 2. The van der Waals surface area contributed by atoms with E-state index in [0.29, 0.717) is 39.8 Å². The monoisotopic (exact) mass is 500 g/mol. The normalized spacial score (nSPS) is 17.2. The van der Waals surface area contributed by atoms with Gasteiger partial charge in [-0.15, -0.1) is 11.3 Å². The molecule has 0 unspecified atom stereocenters. The Kier molecular flexibility index (Phi) is 8.76. The third kappa shape index (κ3) is 7.48. The summed E-state index contributed by atoms with van der Waals surface area (Å²) in [5, 5.41) is 2.88. The van der Waals surface area contributed by atoms with Gasteiger partial charge in [-0.3, -0.25) is 18.8 Å². The minimum Gasteiger partial charge on any atom is -0.374 e. The van der Waals surface area contributed by atoms with Crippen LogP contribution in [0.2, 0.25) is 10.0 Å². The lowest BCUT2D eigenvalue weighted by Crippen LogP contribution is -2.46. The summed E-state index contributed by atoms with van der Waals surface area (Å²) in [6, 6.07) is 5.63. The molecule has 166 valence electrons. The number of nitrogens with two attached hydrogens (primary N) is 1. The molecule has 2 aromatic rings. The fraction of sp³-hybridized carbons (Fsp3) is 0.350. The Balaban J connectivity index is 1.58. The van der Waals surface area contributed by atoms with E-state index >= 15 is 0 Å². The van der Waals surface area contributed by atoms with Gasteiger partial charge in [0, 0.05) is 50.0 Å². The number of primary amides is 1. The van der Waals surface area contributed by atoms with Gasteiger partial charge >= 0.3 is 0 Å². The molecule has 0 bridgehead atoms. The quantitative estimate of drug-likeness (QED) is 0.438. The second-order valence-corrected chi connectivity index (χ2v) is 9.86. The number of thiazole rings is 1. The molecule has 1 fully saturated rings. The molecule has 11 heteroatoms. The fourth-order valence-electron chi connectivity index (χ4n) is 2.99. The number of rotatable bonds is 8. The third-order valence-electron chi connectivity index (χ3n) is 4.44. The van der Waals surface area contributed by atoms with Gasteiger partial charge in [-0.25, -0.2) is 4.98 Å². The molecule has 31 heavy (non-hydrogen) atoms. The summed E-state index contributed by atoms with van der Waals surface area (Å²) in [7, 11) is 0. The van der Waals surface area contributed by atoms with Crippen molar-refractivity contribution in [2.24, 2.45) is 5.73 Å². The third-order valence-corrected chi connectivity index (χ3v) is 7.22. The van der Waals surface area contributed by atoms with Crippen molar-refractivity contribution in [2.75, 3.05) is 26.2 Å². The van der Waals surface area contributed by atoms with Gasteiger partial charge in [0.1, 0.15) is 0 Å². The summed E-state index contributed by atoms with van der Waals surface area (Å²) in [6.45, 7) is 4.75.